The van der Waals surface area contributed by atoms with Gasteiger partial charge in [0.1, 0.15) is 11.1 Å². The highest BCUT2D eigenvalue weighted by atomic mass is 32.2. The molecule has 3 heterocycles. The monoisotopic (exact) mass is 331 g/mol. The van der Waals surface area contributed by atoms with Gasteiger partial charge in [0, 0.05) is 25.4 Å². The molecule has 0 aliphatic carbocycles. The SMILES string of the molecule is N#Cc1ccc(-c2cccs2)nc1SCCN1CCOCC1. The van der Waals surface area contributed by atoms with Gasteiger partial charge in [-0.3, -0.25) is 4.90 Å². The smallest absolute Gasteiger partial charge is 0.115 e. The van der Waals surface area contributed by atoms with E-state index in [2.05, 4.69) is 22.0 Å². The Kier molecular flexibility index (Phi) is 5.46. The van der Waals surface area contributed by atoms with Crippen LogP contribution >= 0.6 is 23.1 Å². The summed E-state index contributed by atoms with van der Waals surface area (Å²) in [5.74, 6) is 0.940. The number of hydrogen-bond donors (Lipinski definition) is 0. The van der Waals surface area contributed by atoms with Crippen molar-refractivity contribution in [1.29, 1.82) is 5.26 Å². The highest BCUT2D eigenvalue weighted by Crippen LogP contribution is 2.27. The lowest BCUT2D eigenvalue weighted by Gasteiger charge is -2.26. The van der Waals surface area contributed by atoms with Gasteiger partial charge in [0.15, 0.2) is 0 Å². The first kappa shape index (κ1) is 15.5. The molecule has 1 saturated heterocycles. The van der Waals surface area contributed by atoms with E-state index in [4.69, 9.17) is 4.74 Å². The standard InChI is InChI=1S/C16H17N3OS2/c17-12-13-3-4-14(15-2-1-10-21-15)18-16(13)22-11-7-19-5-8-20-9-6-19/h1-4,10H,5-9,11H2. The van der Waals surface area contributed by atoms with E-state index in [1.807, 2.05) is 23.6 Å². The Bertz CT molecular complexity index is 646. The van der Waals surface area contributed by atoms with Gasteiger partial charge in [-0.25, -0.2) is 4.98 Å². The summed E-state index contributed by atoms with van der Waals surface area (Å²) in [4.78, 5) is 8.21. The molecule has 0 unspecified atom stereocenters. The summed E-state index contributed by atoms with van der Waals surface area (Å²) in [5, 5.41) is 12.1. The number of nitriles is 1. The summed E-state index contributed by atoms with van der Waals surface area (Å²) in [5.41, 5.74) is 1.61. The van der Waals surface area contributed by atoms with E-state index in [-0.39, 0.29) is 0 Å². The number of nitrogens with zero attached hydrogens (tertiary/aromatic N) is 3. The zero-order valence-corrected chi connectivity index (χ0v) is 13.8. The maximum atomic E-state index is 9.26. The van der Waals surface area contributed by atoms with Crippen molar-refractivity contribution < 1.29 is 4.74 Å². The second-order valence-corrected chi connectivity index (χ2v) is 6.97. The van der Waals surface area contributed by atoms with Gasteiger partial charge in [-0.2, -0.15) is 5.26 Å². The minimum atomic E-state index is 0.660. The average Bonchev–Trinajstić information content (AvgIpc) is 3.10. The molecule has 1 aliphatic rings. The highest BCUT2D eigenvalue weighted by Gasteiger charge is 2.12. The Hall–Kier alpha value is -1.39. The first-order chi connectivity index (χ1) is 10.9. The second kappa shape index (κ2) is 7.75. The first-order valence-electron chi connectivity index (χ1n) is 7.25. The fourth-order valence-electron chi connectivity index (χ4n) is 2.29. The molecule has 22 heavy (non-hydrogen) atoms. The molecule has 0 atom stereocenters. The molecule has 0 saturated carbocycles. The highest BCUT2D eigenvalue weighted by molar-refractivity contribution is 7.99. The van der Waals surface area contributed by atoms with Crippen LogP contribution in [0.25, 0.3) is 10.6 Å². The minimum Gasteiger partial charge on any atom is -0.379 e. The predicted molar refractivity (Wildman–Crippen MR) is 90.2 cm³/mol. The lowest BCUT2D eigenvalue weighted by atomic mass is 10.2. The van der Waals surface area contributed by atoms with Crippen LogP contribution < -0.4 is 0 Å². The van der Waals surface area contributed by atoms with Crippen LogP contribution in [0.4, 0.5) is 0 Å². The second-order valence-electron chi connectivity index (χ2n) is 4.94. The van der Waals surface area contributed by atoms with Crippen molar-refractivity contribution in [2.24, 2.45) is 0 Å². The molecule has 0 radical (unpaired) electrons. The van der Waals surface area contributed by atoms with Crippen molar-refractivity contribution in [1.82, 2.24) is 9.88 Å². The van der Waals surface area contributed by atoms with Crippen LogP contribution in [0.5, 0.6) is 0 Å². The van der Waals surface area contributed by atoms with Gasteiger partial charge in [0.05, 0.1) is 29.3 Å². The summed E-state index contributed by atoms with van der Waals surface area (Å²) in [6.45, 7) is 4.63. The number of morpholine rings is 1. The number of pyridine rings is 1. The van der Waals surface area contributed by atoms with Gasteiger partial charge in [0.25, 0.3) is 0 Å². The molecule has 114 valence electrons. The third-order valence-corrected chi connectivity index (χ3v) is 5.37. The molecule has 4 nitrogen and oxygen atoms in total. The molecule has 0 amide bonds. The molecular weight excluding hydrogens is 314 g/mol. The third-order valence-electron chi connectivity index (χ3n) is 3.50. The number of ether oxygens (including phenoxy) is 1. The lowest BCUT2D eigenvalue weighted by Crippen LogP contribution is -2.37. The van der Waals surface area contributed by atoms with E-state index in [0.29, 0.717) is 5.56 Å². The van der Waals surface area contributed by atoms with E-state index >= 15 is 0 Å². The van der Waals surface area contributed by atoms with E-state index in [1.165, 1.54) is 0 Å². The van der Waals surface area contributed by atoms with Crippen LogP contribution in [0.2, 0.25) is 0 Å². The van der Waals surface area contributed by atoms with Crippen LogP contribution in [-0.4, -0.2) is 48.5 Å². The molecule has 6 heteroatoms. The molecule has 0 spiro atoms. The van der Waals surface area contributed by atoms with Crippen molar-refractivity contribution >= 4 is 23.1 Å². The van der Waals surface area contributed by atoms with Crippen LogP contribution in [0.15, 0.2) is 34.7 Å². The van der Waals surface area contributed by atoms with Gasteiger partial charge < -0.3 is 4.74 Å². The Balaban J connectivity index is 1.66. The van der Waals surface area contributed by atoms with E-state index < -0.39 is 0 Å². The van der Waals surface area contributed by atoms with Gasteiger partial charge >= 0.3 is 0 Å². The van der Waals surface area contributed by atoms with Crippen LogP contribution in [0, 0.1) is 11.3 Å². The molecule has 0 N–H and O–H groups in total. The number of hydrogen-bond acceptors (Lipinski definition) is 6. The van der Waals surface area contributed by atoms with Crippen molar-refractivity contribution in [2.45, 2.75) is 5.03 Å². The number of thiophene rings is 1. The fourth-order valence-corrected chi connectivity index (χ4v) is 3.96. The summed E-state index contributed by atoms with van der Waals surface area (Å²) in [6, 6.07) is 10.1. The van der Waals surface area contributed by atoms with Crippen LogP contribution in [-0.2, 0) is 4.74 Å². The fraction of sp³-hybridized carbons (Fsp3) is 0.375. The quantitative estimate of drug-likeness (QED) is 0.788. The molecule has 1 fully saturated rings. The number of rotatable bonds is 5. The van der Waals surface area contributed by atoms with E-state index in [1.54, 1.807) is 23.1 Å². The molecule has 0 aromatic carbocycles. The van der Waals surface area contributed by atoms with Gasteiger partial charge in [-0.15, -0.1) is 23.1 Å². The van der Waals surface area contributed by atoms with Crippen LogP contribution in [0.1, 0.15) is 5.56 Å². The Morgan fingerprint density at radius 2 is 2.18 bits per heavy atom. The van der Waals surface area contributed by atoms with Crippen molar-refractivity contribution in [2.75, 3.05) is 38.6 Å². The Morgan fingerprint density at radius 1 is 1.32 bits per heavy atom. The molecular formula is C16H17N3OS2. The Labute approximate surface area is 138 Å². The average molecular weight is 331 g/mol. The zero-order valence-electron chi connectivity index (χ0n) is 12.2. The van der Waals surface area contributed by atoms with Crippen molar-refractivity contribution in [3.05, 3.63) is 35.2 Å². The van der Waals surface area contributed by atoms with Crippen molar-refractivity contribution in [3.8, 4) is 16.6 Å². The largest absolute Gasteiger partial charge is 0.379 e. The van der Waals surface area contributed by atoms with Crippen LogP contribution in [0.3, 0.4) is 0 Å². The summed E-state index contributed by atoms with van der Waals surface area (Å²) in [6.07, 6.45) is 0. The van der Waals surface area contributed by atoms with Gasteiger partial charge in [-0.1, -0.05) is 6.07 Å². The van der Waals surface area contributed by atoms with E-state index in [0.717, 1.165) is 54.2 Å². The first-order valence-corrected chi connectivity index (χ1v) is 9.11. The number of aromatic nitrogens is 1. The van der Waals surface area contributed by atoms with E-state index in [9.17, 15) is 5.26 Å². The number of thioether (sulfide) groups is 1. The Morgan fingerprint density at radius 3 is 2.91 bits per heavy atom. The van der Waals surface area contributed by atoms with Gasteiger partial charge in [-0.05, 0) is 23.6 Å². The maximum absolute atomic E-state index is 9.26. The third kappa shape index (κ3) is 3.87. The molecule has 0 bridgehead atoms. The van der Waals surface area contributed by atoms with Crippen molar-refractivity contribution in [3.63, 3.8) is 0 Å². The normalized spacial score (nSPS) is 15.6. The topological polar surface area (TPSA) is 49.2 Å². The van der Waals surface area contributed by atoms with Gasteiger partial charge in [0.2, 0.25) is 0 Å². The molecule has 2 aromatic rings. The summed E-state index contributed by atoms with van der Waals surface area (Å²) < 4.78 is 5.36. The minimum absolute atomic E-state index is 0.660. The molecule has 3 rings (SSSR count). The zero-order chi connectivity index (χ0) is 15.2. The summed E-state index contributed by atoms with van der Waals surface area (Å²) >= 11 is 3.33. The maximum Gasteiger partial charge on any atom is 0.115 e. The lowest BCUT2D eigenvalue weighted by molar-refractivity contribution is 0.0410. The summed E-state index contributed by atoms with van der Waals surface area (Å²) in [7, 11) is 0. The predicted octanol–water partition coefficient (Wildman–Crippen LogP) is 3.11. The molecule has 2 aromatic heterocycles. The molecule has 1 aliphatic heterocycles.